The molecular weight excluding hydrogens is 290 g/mol. The molecule has 2 N–H and O–H groups in total. The quantitative estimate of drug-likeness (QED) is 0.891. The molecule has 0 unspecified atom stereocenters. The highest BCUT2D eigenvalue weighted by Crippen LogP contribution is 2.28. The fourth-order valence-electron chi connectivity index (χ4n) is 2.74. The lowest BCUT2D eigenvalue weighted by molar-refractivity contribution is 0.0475. The van der Waals surface area contributed by atoms with Crippen molar-refractivity contribution in [2.24, 2.45) is 0 Å². The van der Waals surface area contributed by atoms with Crippen molar-refractivity contribution in [3.63, 3.8) is 0 Å². The average Bonchev–Trinajstić information content (AvgIpc) is 2.35. The van der Waals surface area contributed by atoms with Crippen LogP contribution in [0.5, 0.6) is 0 Å². The summed E-state index contributed by atoms with van der Waals surface area (Å²) in [5, 5.41) is 6.45. The van der Waals surface area contributed by atoms with Crippen molar-refractivity contribution < 1.29 is 9.53 Å². The summed E-state index contributed by atoms with van der Waals surface area (Å²) < 4.78 is 5.28. The fourth-order valence-corrected chi connectivity index (χ4v) is 2.74. The van der Waals surface area contributed by atoms with Crippen molar-refractivity contribution in [1.29, 1.82) is 0 Å². The lowest BCUT2D eigenvalue weighted by Crippen LogP contribution is -2.50. The van der Waals surface area contributed by atoms with E-state index < -0.39 is 5.60 Å². The monoisotopic (exact) mass is 319 g/mol. The normalized spacial score (nSPS) is 20.4. The van der Waals surface area contributed by atoms with Crippen LogP contribution in [-0.4, -0.2) is 37.9 Å². The number of rotatable bonds is 4. The van der Waals surface area contributed by atoms with E-state index in [0.29, 0.717) is 6.04 Å². The summed E-state index contributed by atoms with van der Waals surface area (Å²) in [5.41, 5.74) is 3.16. The van der Waals surface area contributed by atoms with E-state index in [1.54, 1.807) is 0 Å². The Kier molecular flexibility index (Phi) is 5.07. The highest BCUT2D eigenvalue weighted by molar-refractivity contribution is 5.68. The molecule has 0 bridgehead atoms. The number of ether oxygens (including phenoxy) is 1. The molecule has 2 rings (SSSR count). The molecular formula is C18H29N3O2. The molecule has 0 spiro atoms. The number of nitrogens with zero attached hydrogens (tertiary/aromatic N) is 1. The summed E-state index contributed by atoms with van der Waals surface area (Å²) in [5.74, 6) is 0. The van der Waals surface area contributed by atoms with Crippen molar-refractivity contribution in [3.05, 3.63) is 23.8 Å². The molecule has 1 amide bonds. The maximum absolute atomic E-state index is 11.7. The second kappa shape index (κ2) is 6.69. The van der Waals surface area contributed by atoms with Crippen LogP contribution in [-0.2, 0) is 4.74 Å². The van der Waals surface area contributed by atoms with Crippen molar-refractivity contribution >= 4 is 17.5 Å². The summed E-state index contributed by atoms with van der Waals surface area (Å²) in [6.07, 6.45) is 1.51. The van der Waals surface area contributed by atoms with Crippen molar-refractivity contribution in [3.8, 4) is 0 Å². The maximum Gasteiger partial charge on any atom is 0.407 e. The van der Waals surface area contributed by atoms with Crippen LogP contribution in [0.4, 0.5) is 16.2 Å². The zero-order valence-electron chi connectivity index (χ0n) is 15.1. The number of anilines is 2. The molecule has 1 saturated carbocycles. The smallest absolute Gasteiger partial charge is 0.407 e. The predicted octanol–water partition coefficient (Wildman–Crippen LogP) is 3.53. The van der Waals surface area contributed by atoms with Gasteiger partial charge in [-0.05, 0) is 58.2 Å². The van der Waals surface area contributed by atoms with E-state index >= 15 is 0 Å². The van der Waals surface area contributed by atoms with Gasteiger partial charge in [-0.1, -0.05) is 6.07 Å². The molecule has 128 valence electrons. The summed E-state index contributed by atoms with van der Waals surface area (Å²) in [6, 6.07) is 7.00. The molecule has 1 aromatic rings. The molecule has 23 heavy (non-hydrogen) atoms. The van der Waals surface area contributed by atoms with Gasteiger partial charge < -0.3 is 20.3 Å². The molecule has 0 aromatic heterocycles. The second-order valence-electron chi connectivity index (χ2n) is 7.55. The Morgan fingerprint density at radius 2 is 1.87 bits per heavy atom. The van der Waals surface area contributed by atoms with Crippen LogP contribution in [0.25, 0.3) is 0 Å². The van der Waals surface area contributed by atoms with Gasteiger partial charge in [0.25, 0.3) is 0 Å². The number of benzene rings is 1. The zero-order chi connectivity index (χ0) is 17.2. The fraction of sp³-hybridized carbons (Fsp3) is 0.611. The Bertz CT molecular complexity index is 558. The van der Waals surface area contributed by atoms with Gasteiger partial charge in [-0.15, -0.1) is 0 Å². The first-order valence-electron chi connectivity index (χ1n) is 8.18. The van der Waals surface area contributed by atoms with Gasteiger partial charge in [0.1, 0.15) is 5.60 Å². The molecule has 1 aromatic carbocycles. The number of carbonyl (C=O) groups excluding carboxylic acids is 1. The van der Waals surface area contributed by atoms with Crippen LogP contribution in [0.2, 0.25) is 0 Å². The number of nitrogens with one attached hydrogen (secondary N) is 2. The number of alkyl carbamates (subject to hydrolysis) is 1. The summed E-state index contributed by atoms with van der Waals surface area (Å²) in [4.78, 5) is 13.8. The van der Waals surface area contributed by atoms with Crippen molar-refractivity contribution in [2.45, 2.75) is 58.2 Å². The Morgan fingerprint density at radius 1 is 1.22 bits per heavy atom. The average molecular weight is 319 g/mol. The van der Waals surface area contributed by atoms with Gasteiger partial charge in [-0.25, -0.2) is 4.79 Å². The molecule has 5 heteroatoms. The van der Waals surface area contributed by atoms with E-state index in [1.807, 2.05) is 20.8 Å². The van der Waals surface area contributed by atoms with Crippen molar-refractivity contribution in [1.82, 2.24) is 5.32 Å². The van der Waals surface area contributed by atoms with Gasteiger partial charge in [0.05, 0.1) is 0 Å². The SMILES string of the molecule is Cc1ccc(NC2CC(NC(=O)OC(C)(C)C)C2)cc1N(C)C. The lowest BCUT2D eigenvalue weighted by atomic mass is 9.86. The van der Waals surface area contributed by atoms with Gasteiger partial charge in [0, 0.05) is 37.6 Å². The maximum atomic E-state index is 11.7. The molecule has 1 aliphatic rings. The minimum Gasteiger partial charge on any atom is -0.444 e. The third-order valence-corrected chi connectivity index (χ3v) is 3.92. The molecule has 0 saturated heterocycles. The number of hydrogen-bond acceptors (Lipinski definition) is 4. The predicted molar refractivity (Wildman–Crippen MR) is 95.3 cm³/mol. The Balaban J connectivity index is 1.80. The summed E-state index contributed by atoms with van der Waals surface area (Å²) >= 11 is 0. The summed E-state index contributed by atoms with van der Waals surface area (Å²) in [7, 11) is 4.10. The highest BCUT2D eigenvalue weighted by atomic mass is 16.6. The highest BCUT2D eigenvalue weighted by Gasteiger charge is 2.31. The molecule has 5 nitrogen and oxygen atoms in total. The van der Waals surface area contributed by atoms with E-state index in [4.69, 9.17) is 4.74 Å². The van der Waals surface area contributed by atoms with Crippen LogP contribution < -0.4 is 15.5 Å². The first kappa shape index (κ1) is 17.4. The van der Waals surface area contributed by atoms with Gasteiger partial charge in [0.2, 0.25) is 0 Å². The van der Waals surface area contributed by atoms with Gasteiger partial charge in [-0.2, -0.15) is 0 Å². The van der Waals surface area contributed by atoms with E-state index in [1.165, 1.54) is 11.3 Å². The van der Waals surface area contributed by atoms with E-state index in [9.17, 15) is 4.79 Å². The molecule has 0 aliphatic heterocycles. The van der Waals surface area contributed by atoms with E-state index in [-0.39, 0.29) is 12.1 Å². The molecule has 1 aliphatic carbocycles. The van der Waals surface area contributed by atoms with Gasteiger partial charge in [-0.3, -0.25) is 0 Å². The Labute approximate surface area is 139 Å². The summed E-state index contributed by atoms with van der Waals surface area (Å²) in [6.45, 7) is 7.73. The van der Waals surface area contributed by atoms with Gasteiger partial charge >= 0.3 is 6.09 Å². The van der Waals surface area contributed by atoms with Crippen LogP contribution in [0.1, 0.15) is 39.2 Å². The largest absolute Gasteiger partial charge is 0.444 e. The number of carbonyl (C=O) groups is 1. The Morgan fingerprint density at radius 3 is 2.43 bits per heavy atom. The number of hydrogen-bond donors (Lipinski definition) is 2. The van der Waals surface area contributed by atoms with Crippen LogP contribution in [0.15, 0.2) is 18.2 Å². The zero-order valence-corrected chi connectivity index (χ0v) is 15.1. The topological polar surface area (TPSA) is 53.6 Å². The van der Waals surface area contributed by atoms with E-state index in [0.717, 1.165) is 18.5 Å². The van der Waals surface area contributed by atoms with Gasteiger partial charge in [0.15, 0.2) is 0 Å². The van der Waals surface area contributed by atoms with Crippen LogP contribution >= 0.6 is 0 Å². The Hall–Kier alpha value is -1.91. The lowest BCUT2D eigenvalue weighted by Gasteiger charge is -2.37. The molecule has 0 heterocycles. The van der Waals surface area contributed by atoms with Crippen LogP contribution in [0.3, 0.4) is 0 Å². The number of aryl methyl sites for hydroxylation is 1. The minimum atomic E-state index is -0.448. The minimum absolute atomic E-state index is 0.195. The first-order valence-corrected chi connectivity index (χ1v) is 8.18. The first-order chi connectivity index (χ1) is 10.6. The molecule has 0 atom stereocenters. The second-order valence-corrected chi connectivity index (χ2v) is 7.55. The third-order valence-electron chi connectivity index (χ3n) is 3.92. The number of amides is 1. The molecule has 0 radical (unpaired) electrons. The standard InChI is InChI=1S/C18H29N3O2/c1-12-7-8-13(11-16(12)21(5)6)19-14-9-15(10-14)20-17(22)23-18(2,3)4/h7-8,11,14-15,19H,9-10H2,1-6H3,(H,20,22). The third kappa shape index (κ3) is 5.05. The van der Waals surface area contributed by atoms with Crippen molar-refractivity contribution in [2.75, 3.05) is 24.3 Å². The van der Waals surface area contributed by atoms with Crippen LogP contribution in [0, 0.1) is 6.92 Å². The van der Waals surface area contributed by atoms with E-state index in [2.05, 4.69) is 54.8 Å². The molecule has 1 fully saturated rings.